The average Bonchev–Trinajstić information content (AvgIpc) is 2.61. The molecule has 2 aromatic rings. The largest absolute Gasteiger partial charge is 0.478 e. The van der Waals surface area contributed by atoms with Crippen molar-refractivity contribution in [3.63, 3.8) is 0 Å². The van der Waals surface area contributed by atoms with Crippen molar-refractivity contribution in [2.24, 2.45) is 0 Å². The van der Waals surface area contributed by atoms with Gasteiger partial charge in [0.1, 0.15) is 6.10 Å². The monoisotopic (exact) mass is 363 g/mol. The Hall–Kier alpha value is -2.57. The molecule has 25 heavy (non-hydrogen) atoms. The fraction of sp³-hybridized carbons (Fsp3) is 0.222. The summed E-state index contributed by atoms with van der Waals surface area (Å²) in [5.41, 5.74) is 1.63. The van der Waals surface area contributed by atoms with E-state index in [0.717, 1.165) is 5.56 Å². The Morgan fingerprint density at radius 3 is 2.48 bits per heavy atom. The van der Waals surface area contributed by atoms with E-state index in [1.165, 1.54) is 13.2 Å². The summed E-state index contributed by atoms with van der Waals surface area (Å²) in [4.78, 5) is 22.3. The van der Waals surface area contributed by atoms with Crippen molar-refractivity contribution in [3.8, 4) is 0 Å². The van der Waals surface area contributed by atoms with E-state index in [2.05, 4.69) is 10.1 Å². The molecule has 132 valence electrons. The van der Waals surface area contributed by atoms with Gasteiger partial charge in [0.05, 0.1) is 19.3 Å². The van der Waals surface area contributed by atoms with Gasteiger partial charge < -0.3 is 19.9 Å². The molecule has 2 aromatic carbocycles. The number of rotatable bonds is 7. The zero-order valence-electron chi connectivity index (χ0n) is 13.6. The van der Waals surface area contributed by atoms with E-state index in [1.807, 2.05) is 6.07 Å². The molecular formula is C18H18ClNO5. The summed E-state index contributed by atoms with van der Waals surface area (Å²) >= 11 is 6.06. The van der Waals surface area contributed by atoms with Crippen LogP contribution in [0.25, 0.3) is 0 Å². The number of methoxy groups -OCH3 is 1. The quantitative estimate of drug-likeness (QED) is 0.735. The van der Waals surface area contributed by atoms with Gasteiger partial charge >= 0.3 is 12.1 Å². The Morgan fingerprint density at radius 1 is 1.16 bits per heavy atom. The van der Waals surface area contributed by atoms with Gasteiger partial charge in [-0.05, 0) is 35.4 Å². The summed E-state index contributed by atoms with van der Waals surface area (Å²) in [7, 11) is 1.28. The van der Waals surface area contributed by atoms with Crippen LogP contribution in [-0.4, -0.2) is 37.4 Å². The fourth-order valence-electron chi connectivity index (χ4n) is 2.29. The normalized spacial score (nSPS) is 11.6. The Bertz CT molecular complexity index is 750. The lowest BCUT2D eigenvalue weighted by molar-refractivity contribution is 0.0693. The van der Waals surface area contributed by atoms with Gasteiger partial charge in [-0.3, -0.25) is 0 Å². The minimum Gasteiger partial charge on any atom is -0.478 e. The van der Waals surface area contributed by atoms with Crippen LogP contribution in [0.1, 0.15) is 27.6 Å². The fourth-order valence-corrected chi connectivity index (χ4v) is 2.49. The first-order chi connectivity index (χ1) is 12.0. The topological polar surface area (TPSA) is 84.9 Å². The van der Waals surface area contributed by atoms with Crippen LogP contribution >= 0.6 is 11.6 Å². The number of halogens is 1. The highest BCUT2D eigenvalue weighted by molar-refractivity contribution is 6.30. The number of amides is 1. The number of carboxylic acids is 1. The number of benzene rings is 2. The van der Waals surface area contributed by atoms with E-state index in [1.54, 1.807) is 36.4 Å². The number of nitrogens with one attached hydrogen (secondary N) is 1. The maximum absolute atomic E-state index is 11.2. The first-order valence-electron chi connectivity index (χ1n) is 7.53. The highest BCUT2D eigenvalue weighted by Gasteiger charge is 2.17. The van der Waals surface area contributed by atoms with Crippen molar-refractivity contribution in [2.45, 2.75) is 6.10 Å². The second-order valence-electron chi connectivity index (χ2n) is 5.15. The van der Waals surface area contributed by atoms with Gasteiger partial charge in [0, 0.05) is 11.6 Å². The third-order valence-corrected chi connectivity index (χ3v) is 3.66. The van der Waals surface area contributed by atoms with Gasteiger partial charge in [0.25, 0.3) is 0 Å². The summed E-state index contributed by atoms with van der Waals surface area (Å²) in [6.45, 7) is 0.464. The molecule has 0 unspecified atom stereocenters. The van der Waals surface area contributed by atoms with Crippen molar-refractivity contribution in [2.75, 3.05) is 20.3 Å². The van der Waals surface area contributed by atoms with E-state index in [-0.39, 0.29) is 18.7 Å². The summed E-state index contributed by atoms with van der Waals surface area (Å²) in [6.07, 6.45) is -1.06. The summed E-state index contributed by atoms with van der Waals surface area (Å²) in [5.74, 6) is -1.01. The molecule has 7 heteroatoms. The van der Waals surface area contributed by atoms with Crippen molar-refractivity contribution < 1.29 is 24.2 Å². The van der Waals surface area contributed by atoms with E-state index in [4.69, 9.17) is 16.3 Å². The van der Waals surface area contributed by atoms with Crippen LogP contribution < -0.4 is 5.32 Å². The number of carbonyl (C=O) groups is 2. The number of alkyl carbamates (subject to hydrolysis) is 1. The zero-order chi connectivity index (χ0) is 18.2. The minimum atomic E-state index is -1.01. The van der Waals surface area contributed by atoms with Gasteiger partial charge in [-0.25, -0.2) is 9.59 Å². The molecule has 0 saturated heterocycles. The van der Waals surface area contributed by atoms with E-state index in [9.17, 15) is 14.7 Å². The lowest BCUT2D eigenvalue weighted by atomic mass is 9.99. The molecule has 0 aromatic heterocycles. The molecule has 1 atom stereocenters. The molecule has 0 saturated carbocycles. The lowest BCUT2D eigenvalue weighted by Crippen LogP contribution is -2.27. The Kier molecular flexibility index (Phi) is 6.80. The van der Waals surface area contributed by atoms with Crippen molar-refractivity contribution >= 4 is 23.7 Å². The first kappa shape index (κ1) is 18.8. The zero-order valence-corrected chi connectivity index (χ0v) is 14.3. The second-order valence-corrected chi connectivity index (χ2v) is 5.59. The average molecular weight is 364 g/mol. The summed E-state index contributed by atoms with van der Waals surface area (Å²) < 4.78 is 10.4. The molecule has 0 radical (unpaired) electrons. The number of carboxylic acid groups (broad SMARTS) is 1. The van der Waals surface area contributed by atoms with Crippen molar-refractivity contribution in [1.82, 2.24) is 5.32 Å². The molecule has 0 aliphatic rings. The van der Waals surface area contributed by atoms with E-state index in [0.29, 0.717) is 10.6 Å². The SMILES string of the molecule is COC(=O)NCCO[C@@H](c1cccc(Cl)c1)c1cccc(C(=O)O)c1. The molecule has 6 nitrogen and oxygen atoms in total. The van der Waals surface area contributed by atoms with Crippen molar-refractivity contribution in [1.29, 1.82) is 0 Å². The van der Waals surface area contributed by atoms with Gasteiger partial charge in [-0.1, -0.05) is 35.9 Å². The molecule has 0 aliphatic carbocycles. The Balaban J connectivity index is 2.21. The maximum atomic E-state index is 11.2. The number of hydrogen-bond donors (Lipinski definition) is 2. The van der Waals surface area contributed by atoms with Gasteiger partial charge in [-0.15, -0.1) is 0 Å². The maximum Gasteiger partial charge on any atom is 0.406 e. The Morgan fingerprint density at radius 2 is 1.84 bits per heavy atom. The van der Waals surface area contributed by atoms with Crippen LogP contribution in [0.4, 0.5) is 4.79 Å². The predicted octanol–water partition coefficient (Wildman–Crippen LogP) is 3.50. The molecule has 0 bridgehead atoms. The molecule has 2 N–H and O–H groups in total. The van der Waals surface area contributed by atoms with Gasteiger partial charge in [0.15, 0.2) is 0 Å². The van der Waals surface area contributed by atoms with Crippen LogP contribution in [0.3, 0.4) is 0 Å². The molecule has 1 amide bonds. The molecular weight excluding hydrogens is 346 g/mol. The van der Waals surface area contributed by atoms with Crippen molar-refractivity contribution in [3.05, 3.63) is 70.2 Å². The third-order valence-electron chi connectivity index (χ3n) is 3.43. The molecule has 2 rings (SSSR count). The smallest absolute Gasteiger partial charge is 0.406 e. The molecule has 0 spiro atoms. The van der Waals surface area contributed by atoms with Crippen LogP contribution in [0, 0.1) is 0 Å². The number of carbonyl (C=O) groups excluding carboxylic acids is 1. The molecule has 0 aliphatic heterocycles. The van der Waals surface area contributed by atoms with Crippen LogP contribution in [-0.2, 0) is 9.47 Å². The van der Waals surface area contributed by atoms with Gasteiger partial charge in [-0.2, -0.15) is 0 Å². The van der Waals surface area contributed by atoms with Crippen LogP contribution in [0.2, 0.25) is 5.02 Å². The van der Waals surface area contributed by atoms with Crippen LogP contribution in [0.15, 0.2) is 48.5 Å². The lowest BCUT2D eigenvalue weighted by Gasteiger charge is -2.20. The Labute approximate surface area is 150 Å². The summed E-state index contributed by atoms with van der Waals surface area (Å²) in [5, 5.41) is 12.3. The van der Waals surface area contributed by atoms with Gasteiger partial charge in [0.2, 0.25) is 0 Å². The number of hydrogen-bond acceptors (Lipinski definition) is 4. The predicted molar refractivity (Wildman–Crippen MR) is 93.1 cm³/mol. The highest BCUT2D eigenvalue weighted by atomic mass is 35.5. The number of aromatic carboxylic acids is 1. The standard InChI is InChI=1S/C18H18ClNO5/c1-24-18(23)20-8-9-25-16(13-5-3-7-15(19)11-13)12-4-2-6-14(10-12)17(21)22/h2-7,10-11,16H,8-9H2,1H3,(H,20,23)(H,21,22)/t16-/m1/s1. The third kappa shape index (κ3) is 5.48. The summed E-state index contributed by atoms with van der Waals surface area (Å²) in [6, 6.07) is 13.7. The van der Waals surface area contributed by atoms with E-state index >= 15 is 0 Å². The first-order valence-corrected chi connectivity index (χ1v) is 7.91. The second kappa shape index (κ2) is 9.05. The molecule has 0 heterocycles. The number of ether oxygens (including phenoxy) is 2. The van der Waals surface area contributed by atoms with E-state index < -0.39 is 18.2 Å². The highest BCUT2D eigenvalue weighted by Crippen LogP contribution is 2.28. The minimum absolute atomic E-state index is 0.167. The molecule has 0 fully saturated rings. The van der Waals surface area contributed by atoms with Crippen LogP contribution in [0.5, 0.6) is 0 Å².